The summed E-state index contributed by atoms with van der Waals surface area (Å²) in [6.45, 7) is 6.50. The average molecular weight is 297 g/mol. The lowest BCUT2D eigenvalue weighted by atomic mass is 10.1. The van der Waals surface area contributed by atoms with Crippen LogP contribution in [0.15, 0.2) is 18.2 Å². The maximum atomic E-state index is 13.0. The van der Waals surface area contributed by atoms with Gasteiger partial charge in [0.25, 0.3) is 0 Å². The summed E-state index contributed by atoms with van der Waals surface area (Å²) in [4.78, 5) is 14.3. The minimum absolute atomic E-state index is 0.0858. The van der Waals surface area contributed by atoms with Gasteiger partial charge in [0.2, 0.25) is 5.91 Å². The van der Waals surface area contributed by atoms with Crippen molar-refractivity contribution >= 4 is 17.3 Å². The number of carbonyl (C=O) groups is 1. The van der Waals surface area contributed by atoms with E-state index in [1.807, 2.05) is 18.7 Å². The Hall–Kier alpha value is -1.66. The van der Waals surface area contributed by atoms with Crippen molar-refractivity contribution in [3.8, 4) is 0 Å². The van der Waals surface area contributed by atoms with Crippen molar-refractivity contribution in [3.63, 3.8) is 0 Å². The topological polar surface area (TPSA) is 78.6 Å². The van der Waals surface area contributed by atoms with Crippen LogP contribution in [0.3, 0.4) is 0 Å². The maximum Gasteiger partial charge on any atom is 0.241 e. The molecular weight excluding hydrogens is 273 g/mol. The molecule has 118 valence electrons. The van der Waals surface area contributed by atoms with Gasteiger partial charge >= 0.3 is 0 Å². The zero-order chi connectivity index (χ0) is 16.0. The SMILES string of the molecule is CC(C)N(CCCO)C(C)C(=O)Nc1ccc(F)cc1N. The monoisotopic (exact) mass is 297 g/mol. The van der Waals surface area contributed by atoms with Crippen molar-refractivity contribution in [1.29, 1.82) is 0 Å². The van der Waals surface area contributed by atoms with Gasteiger partial charge in [-0.2, -0.15) is 0 Å². The molecule has 5 nitrogen and oxygen atoms in total. The summed E-state index contributed by atoms with van der Waals surface area (Å²) in [6, 6.07) is 3.67. The van der Waals surface area contributed by atoms with E-state index in [1.54, 1.807) is 6.92 Å². The molecule has 21 heavy (non-hydrogen) atoms. The zero-order valence-electron chi connectivity index (χ0n) is 12.8. The number of halogens is 1. The number of nitrogens with zero attached hydrogens (tertiary/aromatic N) is 1. The lowest BCUT2D eigenvalue weighted by molar-refractivity contribution is -0.121. The third-order valence-corrected chi connectivity index (χ3v) is 3.39. The minimum Gasteiger partial charge on any atom is -0.397 e. The lowest BCUT2D eigenvalue weighted by Crippen LogP contribution is -2.46. The van der Waals surface area contributed by atoms with Crippen LogP contribution in [-0.4, -0.2) is 41.1 Å². The molecule has 1 rings (SSSR count). The van der Waals surface area contributed by atoms with E-state index in [0.717, 1.165) is 0 Å². The molecule has 0 fully saturated rings. The first kappa shape index (κ1) is 17.4. The number of amides is 1. The van der Waals surface area contributed by atoms with Gasteiger partial charge in [0.1, 0.15) is 5.82 Å². The lowest BCUT2D eigenvalue weighted by Gasteiger charge is -2.31. The Morgan fingerprint density at radius 3 is 2.62 bits per heavy atom. The quantitative estimate of drug-likeness (QED) is 0.671. The second-order valence-electron chi connectivity index (χ2n) is 5.31. The molecule has 1 aromatic carbocycles. The van der Waals surface area contributed by atoms with Gasteiger partial charge in [-0.3, -0.25) is 9.69 Å². The van der Waals surface area contributed by atoms with Crippen molar-refractivity contribution in [3.05, 3.63) is 24.0 Å². The highest BCUT2D eigenvalue weighted by molar-refractivity contribution is 5.97. The predicted molar refractivity (Wildman–Crippen MR) is 82.4 cm³/mol. The predicted octanol–water partition coefficient (Wildman–Crippen LogP) is 1.83. The fourth-order valence-corrected chi connectivity index (χ4v) is 2.19. The van der Waals surface area contributed by atoms with Crippen LogP contribution < -0.4 is 11.1 Å². The minimum atomic E-state index is -0.440. The molecule has 1 aromatic rings. The first-order valence-electron chi connectivity index (χ1n) is 7.09. The number of rotatable bonds is 7. The van der Waals surface area contributed by atoms with Gasteiger partial charge in [0.15, 0.2) is 0 Å². The van der Waals surface area contributed by atoms with Crippen molar-refractivity contribution in [1.82, 2.24) is 4.90 Å². The third-order valence-electron chi connectivity index (χ3n) is 3.39. The summed E-state index contributed by atoms with van der Waals surface area (Å²) in [5, 5.41) is 11.6. The third kappa shape index (κ3) is 4.99. The van der Waals surface area contributed by atoms with E-state index in [-0.39, 0.29) is 30.3 Å². The van der Waals surface area contributed by atoms with E-state index in [1.165, 1.54) is 18.2 Å². The Kier molecular flexibility index (Phi) is 6.58. The van der Waals surface area contributed by atoms with Gasteiger partial charge in [0.05, 0.1) is 17.4 Å². The van der Waals surface area contributed by atoms with Gasteiger partial charge in [-0.05, 0) is 45.4 Å². The van der Waals surface area contributed by atoms with Crippen LogP contribution in [0, 0.1) is 5.82 Å². The van der Waals surface area contributed by atoms with Crippen LogP contribution in [-0.2, 0) is 4.79 Å². The highest BCUT2D eigenvalue weighted by Crippen LogP contribution is 2.20. The molecule has 0 saturated carbocycles. The van der Waals surface area contributed by atoms with Crippen molar-refractivity contribution in [2.45, 2.75) is 39.3 Å². The van der Waals surface area contributed by atoms with E-state index in [0.29, 0.717) is 18.7 Å². The standard InChI is InChI=1S/C15H24FN3O2/c1-10(2)19(7-4-8-20)11(3)15(21)18-14-6-5-12(16)9-13(14)17/h5-6,9-11,20H,4,7-8,17H2,1-3H3,(H,18,21). The molecule has 0 spiro atoms. The number of aliphatic hydroxyl groups is 1. The number of aliphatic hydroxyl groups excluding tert-OH is 1. The molecule has 4 N–H and O–H groups in total. The molecule has 1 atom stereocenters. The molecule has 0 heterocycles. The number of nitrogens with two attached hydrogens (primary N) is 1. The summed E-state index contributed by atoms with van der Waals surface area (Å²) in [6.07, 6.45) is 0.606. The maximum absolute atomic E-state index is 13.0. The normalized spacial score (nSPS) is 12.7. The summed E-state index contributed by atoms with van der Waals surface area (Å²) in [5.41, 5.74) is 6.28. The fourth-order valence-electron chi connectivity index (χ4n) is 2.19. The van der Waals surface area contributed by atoms with Gasteiger partial charge < -0.3 is 16.2 Å². The summed E-state index contributed by atoms with van der Waals surface area (Å²) in [5.74, 6) is -0.648. The fraction of sp³-hybridized carbons (Fsp3) is 0.533. The molecule has 0 aliphatic rings. The second-order valence-corrected chi connectivity index (χ2v) is 5.31. The number of carbonyl (C=O) groups excluding carboxylic acids is 1. The second kappa shape index (κ2) is 7.95. The van der Waals surface area contributed by atoms with Crippen molar-refractivity contribution in [2.75, 3.05) is 24.2 Å². The summed E-state index contributed by atoms with van der Waals surface area (Å²) >= 11 is 0. The molecule has 0 radical (unpaired) electrons. The van der Waals surface area contributed by atoms with Crippen LogP contribution in [0.4, 0.5) is 15.8 Å². The van der Waals surface area contributed by atoms with Crippen molar-refractivity contribution < 1.29 is 14.3 Å². The van der Waals surface area contributed by atoms with Crippen molar-refractivity contribution in [2.24, 2.45) is 0 Å². The molecule has 0 aliphatic carbocycles. The number of nitrogens with one attached hydrogen (secondary N) is 1. The summed E-state index contributed by atoms with van der Waals surface area (Å²) < 4.78 is 13.0. The largest absolute Gasteiger partial charge is 0.397 e. The average Bonchev–Trinajstić information content (AvgIpc) is 2.41. The van der Waals surface area contributed by atoms with E-state index in [2.05, 4.69) is 5.32 Å². The van der Waals surface area contributed by atoms with Gasteiger partial charge in [-0.15, -0.1) is 0 Å². The van der Waals surface area contributed by atoms with Gasteiger partial charge in [0, 0.05) is 19.2 Å². The zero-order valence-corrected chi connectivity index (χ0v) is 12.8. The van der Waals surface area contributed by atoms with E-state index in [4.69, 9.17) is 10.8 Å². The van der Waals surface area contributed by atoms with Gasteiger partial charge in [-0.25, -0.2) is 4.39 Å². The first-order chi connectivity index (χ1) is 9.86. The smallest absolute Gasteiger partial charge is 0.241 e. The number of hydrogen-bond donors (Lipinski definition) is 3. The molecule has 0 aliphatic heterocycles. The molecule has 0 aromatic heterocycles. The Labute approximate surface area is 124 Å². The Bertz CT molecular complexity index is 480. The Morgan fingerprint density at radius 1 is 1.43 bits per heavy atom. The van der Waals surface area contributed by atoms with Crippen LogP contribution in [0.2, 0.25) is 0 Å². The summed E-state index contributed by atoms with van der Waals surface area (Å²) in [7, 11) is 0. The highest BCUT2D eigenvalue weighted by Gasteiger charge is 2.23. The van der Waals surface area contributed by atoms with E-state index < -0.39 is 5.82 Å². The Morgan fingerprint density at radius 2 is 2.10 bits per heavy atom. The molecule has 0 saturated heterocycles. The number of hydrogen-bond acceptors (Lipinski definition) is 4. The van der Waals surface area contributed by atoms with Crippen LogP contribution >= 0.6 is 0 Å². The highest BCUT2D eigenvalue weighted by atomic mass is 19.1. The molecular formula is C15H24FN3O2. The van der Waals surface area contributed by atoms with Gasteiger partial charge in [-0.1, -0.05) is 0 Å². The van der Waals surface area contributed by atoms with E-state index in [9.17, 15) is 9.18 Å². The number of anilines is 2. The number of nitrogen functional groups attached to an aromatic ring is 1. The van der Waals surface area contributed by atoms with Crippen LogP contribution in [0.1, 0.15) is 27.2 Å². The Balaban J connectivity index is 2.76. The van der Waals surface area contributed by atoms with E-state index >= 15 is 0 Å². The molecule has 1 amide bonds. The van der Waals surface area contributed by atoms with Crippen LogP contribution in [0.5, 0.6) is 0 Å². The molecule has 0 bridgehead atoms. The number of benzene rings is 1. The molecule has 1 unspecified atom stereocenters. The molecule has 6 heteroatoms. The first-order valence-corrected chi connectivity index (χ1v) is 7.09. The van der Waals surface area contributed by atoms with Crippen LogP contribution in [0.25, 0.3) is 0 Å².